The van der Waals surface area contributed by atoms with Crippen LogP contribution in [-0.2, 0) is 0 Å². The molecule has 1 aromatic heterocycles. The van der Waals surface area contributed by atoms with Crippen LogP contribution in [0.2, 0.25) is 5.02 Å². The molecular weight excluding hydrogens is 176 g/mol. The Bertz CT molecular complexity index is 390. The number of rotatable bonds is 0. The number of benzene rings is 1. The molecular formula is C8H5ClN2O. The van der Waals surface area contributed by atoms with Crippen molar-refractivity contribution in [3.8, 4) is 0 Å². The van der Waals surface area contributed by atoms with Gasteiger partial charge in [0.05, 0.1) is 10.4 Å². The van der Waals surface area contributed by atoms with Gasteiger partial charge in [0, 0.05) is 11.2 Å². The lowest BCUT2D eigenvalue weighted by Crippen LogP contribution is -2.31. The van der Waals surface area contributed by atoms with E-state index in [1.54, 1.807) is 18.2 Å². The molecule has 2 aromatic rings. The molecule has 0 fully saturated rings. The minimum atomic E-state index is 0.491. The molecule has 0 N–H and O–H groups in total. The molecule has 0 atom stereocenters. The fraction of sp³-hybridized carbons (Fsp3) is 0. The third kappa shape index (κ3) is 0.987. The predicted octanol–water partition coefficient (Wildman–Crippen LogP) is 1.52. The lowest BCUT2D eigenvalue weighted by atomic mass is 10.2. The lowest BCUT2D eigenvalue weighted by Gasteiger charge is -1.98. The number of para-hydroxylation sites is 1. The van der Waals surface area contributed by atoms with Crippen LogP contribution in [0.25, 0.3) is 10.9 Å². The fourth-order valence-corrected chi connectivity index (χ4v) is 1.28. The van der Waals surface area contributed by atoms with E-state index in [0.29, 0.717) is 15.4 Å². The first kappa shape index (κ1) is 7.31. The van der Waals surface area contributed by atoms with Crippen LogP contribution in [0, 0.1) is 5.21 Å². The summed E-state index contributed by atoms with van der Waals surface area (Å²) in [4.78, 5) is 0.557. The molecule has 0 saturated carbocycles. The quantitative estimate of drug-likeness (QED) is 0.456. The van der Waals surface area contributed by atoms with Crippen molar-refractivity contribution in [2.24, 2.45) is 0 Å². The molecule has 0 spiro atoms. The number of aromatic nitrogens is 2. The summed E-state index contributed by atoms with van der Waals surface area (Å²) in [6, 6.07) is 7.07. The molecule has 0 amide bonds. The normalized spacial score (nSPS) is 10.4. The van der Waals surface area contributed by atoms with Crippen molar-refractivity contribution in [3.63, 3.8) is 0 Å². The molecule has 0 aliphatic heterocycles. The Hall–Kier alpha value is -1.35. The molecule has 0 radical (unpaired) electrons. The van der Waals surface area contributed by atoms with Crippen molar-refractivity contribution in [2.45, 2.75) is 0 Å². The first-order valence-corrected chi connectivity index (χ1v) is 3.80. The van der Waals surface area contributed by atoms with Crippen molar-refractivity contribution >= 4 is 22.5 Å². The van der Waals surface area contributed by atoms with Crippen LogP contribution >= 0.6 is 11.6 Å². The smallest absolute Gasteiger partial charge is 0.253 e. The maximum atomic E-state index is 11.1. The van der Waals surface area contributed by atoms with E-state index in [4.69, 9.17) is 11.6 Å². The molecule has 12 heavy (non-hydrogen) atoms. The van der Waals surface area contributed by atoms with Crippen molar-refractivity contribution in [1.29, 1.82) is 0 Å². The van der Waals surface area contributed by atoms with Gasteiger partial charge >= 0.3 is 0 Å². The predicted molar refractivity (Wildman–Crippen MR) is 45.7 cm³/mol. The van der Waals surface area contributed by atoms with Gasteiger partial charge in [-0.3, -0.25) is 0 Å². The summed E-state index contributed by atoms with van der Waals surface area (Å²) in [6.07, 6.45) is 1.34. The van der Waals surface area contributed by atoms with Gasteiger partial charge in [-0.05, 0) is 10.9 Å². The van der Waals surface area contributed by atoms with Crippen LogP contribution in [0.4, 0.5) is 0 Å². The van der Waals surface area contributed by atoms with E-state index in [2.05, 4.69) is 5.10 Å². The van der Waals surface area contributed by atoms with Crippen molar-refractivity contribution < 1.29 is 4.85 Å². The van der Waals surface area contributed by atoms with Crippen LogP contribution in [0.3, 0.4) is 0 Å². The fourth-order valence-electron chi connectivity index (χ4n) is 1.08. The Balaban J connectivity index is 2.95. The molecule has 0 aliphatic rings. The topological polar surface area (TPSA) is 39.8 Å². The highest BCUT2D eigenvalue weighted by Gasteiger charge is 2.06. The highest BCUT2D eigenvalue weighted by atomic mass is 35.5. The third-order valence-electron chi connectivity index (χ3n) is 1.64. The first-order chi connectivity index (χ1) is 5.79. The molecule has 0 saturated heterocycles. The second-order valence-corrected chi connectivity index (χ2v) is 2.79. The molecule has 1 heterocycles. The largest absolute Gasteiger partial charge is 0.594 e. The SMILES string of the molecule is [O-][n+]1ncc(Cl)c2ccccc21. The van der Waals surface area contributed by atoms with Gasteiger partial charge < -0.3 is 5.21 Å². The molecule has 0 unspecified atom stereocenters. The van der Waals surface area contributed by atoms with Crippen LogP contribution in [0.5, 0.6) is 0 Å². The average molecular weight is 181 g/mol. The first-order valence-electron chi connectivity index (χ1n) is 3.42. The van der Waals surface area contributed by atoms with E-state index in [0.717, 1.165) is 5.39 Å². The van der Waals surface area contributed by atoms with Crippen LogP contribution < -0.4 is 4.85 Å². The molecule has 0 aliphatic carbocycles. The molecule has 0 bridgehead atoms. The monoisotopic (exact) mass is 180 g/mol. The standard InChI is InChI=1S/C8H5ClN2O/c9-7-5-10-11(12)8-4-2-1-3-6(7)8/h1-5H. The van der Waals surface area contributed by atoms with Gasteiger partial charge in [-0.25, -0.2) is 0 Å². The average Bonchev–Trinajstić information content (AvgIpc) is 2.12. The minimum Gasteiger partial charge on any atom is -0.594 e. The number of hydrogen-bond donors (Lipinski definition) is 0. The van der Waals surface area contributed by atoms with E-state index in [-0.39, 0.29) is 0 Å². The van der Waals surface area contributed by atoms with Gasteiger partial charge in [-0.2, -0.15) is 0 Å². The molecule has 4 heteroatoms. The zero-order valence-electron chi connectivity index (χ0n) is 6.07. The zero-order valence-corrected chi connectivity index (χ0v) is 6.82. The maximum absolute atomic E-state index is 11.1. The van der Waals surface area contributed by atoms with E-state index >= 15 is 0 Å². The Labute approximate surface area is 73.8 Å². The van der Waals surface area contributed by atoms with Crippen LogP contribution in [-0.4, -0.2) is 5.10 Å². The summed E-state index contributed by atoms with van der Waals surface area (Å²) in [5.41, 5.74) is 0.491. The number of nitrogens with zero attached hydrogens (tertiary/aromatic N) is 2. The summed E-state index contributed by atoms with van der Waals surface area (Å²) < 4.78 is 0. The molecule has 3 nitrogen and oxygen atoms in total. The highest BCUT2D eigenvalue weighted by molar-refractivity contribution is 6.34. The van der Waals surface area contributed by atoms with Gasteiger partial charge in [0.25, 0.3) is 5.52 Å². The van der Waals surface area contributed by atoms with Gasteiger partial charge in [0.1, 0.15) is 6.20 Å². The van der Waals surface area contributed by atoms with Crippen molar-refractivity contribution in [1.82, 2.24) is 5.10 Å². The minimum absolute atomic E-state index is 0.491. The van der Waals surface area contributed by atoms with Gasteiger partial charge in [0.2, 0.25) is 0 Å². The third-order valence-corrected chi connectivity index (χ3v) is 1.94. The van der Waals surface area contributed by atoms with Crippen LogP contribution in [0.15, 0.2) is 30.5 Å². The number of hydrogen-bond acceptors (Lipinski definition) is 2. The number of fused-ring (bicyclic) bond motifs is 1. The van der Waals surface area contributed by atoms with E-state index in [1.165, 1.54) is 6.20 Å². The summed E-state index contributed by atoms with van der Waals surface area (Å²) >= 11 is 5.81. The van der Waals surface area contributed by atoms with Crippen molar-refractivity contribution in [3.05, 3.63) is 40.7 Å². The van der Waals surface area contributed by atoms with Gasteiger partial charge in [-0.15, -0.1) is 0 Å². The second-order valence-electron chi connectivity index (χ2n) is 2.38. The van der Waals surface area contributed by atoms with Crippen LogP contribution in [0.1, 0.15) is 0 Å². The van der Waals surface area contributed by atoms with Gasteiger partial charge in [-0.1, -0.05) is 23.7 Å². The summed E-state index contributed by atoms with van der Waals surface area (Å²) in [6.45, 7) is 0. The summed E-state index contributed by atoms with van der Waals surface area (Å²) in [7, 11) is 0. The zero-order chi connectivity index (χ0) is 8.55. The van der Waals surface area contributed by atoms with Gasteiger partial charge in [0.15, 0.2) is 0 Å². The maximum Gasteiger partial charge on any atom is 0.253 e. The second kappa shape index (κ2) is 2.60. The summed E-state index contributed by atoms with van der Waals surface area (Å²) in [5.74, 6) is 0. The van der Waals surface area contributed by atoms with E-state index in [1.807, 2.05) is 6.07 Å². The number of halogens is 1. The molecule has 1 aromatic carbocycles. The molecule has 2 rings (SSSR count). The van der Waals surface area contributed by atoms with E-state index in [9.17, 15) is 5.21 Å². The summed E-state index contributed by atoms with van der Waals surface area (Å²) in [5, 5.41) is 15.8. The Morgan fingerprint density at radius 2 is 2.08 bits per heavy atom. The highest BCUT2D eigenvalue weighted by Crippen LogP contribution is 2.17. The molecule has 60 valence electrons. The van der Waals surface area contributed by atoms with E-state index < -0.39 is 0 Å². The Kier molecular flexibility index (Phi) is 1.59. The van der Waals surface area contributed by atoms with Crippen molar-refractivity contribution in [2.75, 3.05) is 0 Å². The Morgan fingerprint density at radius 3 is 2.83 bits per heavy atom. The Morgan fingerprint density at radius 1 is 1.33 bits per heavy atom. The lowest BCUT2D eigenvalue weighted by molar-refractivity contribution is -0.642.